The number of rotatable bonds is 5. The number of halogens is 2. The lowest BCUT2D eigenvalue weighted by atomic mass is 9.76. The molecule has 112 valence electrons. The SMILES string of the molecule is CC(C)NCC(c1ccc(Cl)c(Cl)c1)C1CCCCC1. The molecular formula is C17H25Cl2N. The van der Waals surface area contributed by atoms with E-state index in [4.69, 9.17) is 23.2 Å². The Labute approximate surface area is 133 Å². The van der Waals surface area contributed by atoms with Crippen LogP contribution in [0.2, 0.25) is 10.0 Å². The fraction of sp³-hybridized carbons (Fsp3) is 0.647. The zero-order valence-corrected chi connectivity index (χ0v) is 14.0. The normalized spacial score (nSPS) is 18.4. The molecule has 20 heavy (non-hydrogen) atoms. The van der Waals surface area contributed by atoms with Crippen molar-refractivity contribution >= 4 is 23.2 Å². The molecule has 1 aliphatic carbocycles. The molecule has 0 heterocycles. The smallest absolute Gasteiger partial charge is 0.0595 e. The maximum atomic E-state index is 6.21. The third kappa shape index (κ3) is 4.38. The van der Waals surface area contributed by atoms with Crippen molar-refractivity contribution in [1.82, 2.24) is 5.32 Å². The average Bonchev–Trinajstić information content (AvgIpc) is 2.44. The van der Waals surface area contributed by atoms with E-state index in [2.05, 4.69) is 31.3 Å². The lowest BCUT2D eigenvalue weighted by molar-refractivity contribution is 0.293. The average molecular weight is 314 g/mol. The van der Waals surface area contributed by atoms with Gasteiger partial charge in [-0.25, -0.2) is 0 Å². The topological polar surface area (TPSA) is 12.0 Å². The van der Waals surface area contributed by atoms with Crippen molar-refractivity contribution in [2.75, 3.05) is 6.54 Å². The summed E-state index contributed by atoms with van der Waals surface area (Å²) in [6.45, 7) is 5.43. The van der Waals surface area contributed by atoms with E-state index in [0.29, 0.717) is 22.0 Å². The molecule has 0 amide bonds. The Balaban J connectivity index is 2.17. The van der Waals surface area contributed by atoms with Gasteiger partial charge in [-0.1, -0.05) is 62.4 Å². The van der Waals surface area contributed by atoms with E-state index in [1.54, 1.807) is 0 Å². The Kier molecular flexibility index (Phi) is 6.20. The summed E-state index contributed by atoms with van der Waals surface area (Å²) in [6, 6.07) is 6.66. The van der Waals surface area contributed by atoms with Crippen molar-refractivity contribution < 1.29 is 0 Å². The first kappa shape index (κ1) is 16.1. The minimum absolute atomic E-state index is 0.517. The molecule has 1 saturated carbocycles. The van der Waals surface area contributed by atoms with E-state index in [-0.39, 0.29) is 0 Å². The van der Waals surface area contributed by atoms with E-state index in [0.717, 1.165) is 12.5 Å². The van der Waals surface area contributed by atoms with E-state index in [1.807, 2.05) is 6.07 Å². The lowest BCUT2D eigenvalue weighted by Gasteiger charge is -2.31. The summed E-state index contributed by atoms with van der Waals surface area (Å²) in [7, 11) is 0. The molecule has 0 aliphatic heterocycles. The Morgan fingerprint density at radius 3 is 2.40 bits per heavy atom. The molecule has 1 aromatic carbocycles. The molecule has 1 unspecified atom stereocenters. The molecule has 0 spiro atoms. The molecule has 1 N–H and O–H groups in total. The van der Waals surface area contributed by atoms with Gasteiger partial charge >= 0.3 is 0 Å². The predicted octanol–water partition coefficient (Wildman–Crippen LogP) is 5.66. The molecule has 1 aromatic rings. The summed E-state index contributed by atoms with van der Waals surface area (Å²) < 4.78 is 0. The summed E-state index contributed by atoms with van der Waals surface area (Å²) in [5.41, 5.74) is 1.33. The molecule has 1 atom stereocenters. The fourth-order valence-corrected chi connectivity index (χ4v) is 3.51. The zero-order chi connectivity index (χ0) is 14.5. The molecule has 0 radical (unpaired) electrons. The third-order valence-corrected chi connectivity index (χ3v) is 5.08. The summed E-state index contributed by atoms with van der Waals surface area (Å²) in [5.74, 6) is 1.32. The summed E-state index contributed by atoms with van der Waals surface area (Å²) in [4.78, 5) is 0. The van der Waals surface area contributed by atoms with Crippen LogP contribution in [0.3, 0.4) is 0 Å². The highest BCUT2D eigenvalue weighted by Gasteiger charge is 2.25. The standard InChI is InChI=1S/C17H25Cl2N/c1-12(2)20-11-15(13-6-4-3-5-7-13)14-8-9-16(18)17(19)10-14/h8-10,12-13,15,20H,3-7,11H2,1-2H3. The highest BCUT2D eigenvalue weighted by molar-refractivity contribution is 6.42. The van der Waals surface area contributed by atoms with E-state index < -0.39 is 0 Å². The molecule has 0 aromatic heterocycles. The van der Waals surface area contributed by atoms with E-state index in [9.17, 15) is 0 Å². The summed E-state index contributed by atoms with van der Waals surface area (Å²) >= 11 is 12.3. The van der Waals surface area contributed by atoms with Crippen LogP contribution in [0.5, 0.6) is 0 Å². The van der Waals surface area contributed by atoms with Gasteiger partial charge in [0.05, 0.1) is 10.0 Å². The minimum Gasteiger partial charge on any atom is -0.314 e. The number of nitrogens with one attached hydrogen (secondary N) is 1. The monoisotopic (exact) mass is 313 g/mol. The van der Waals surface area contributed by atoms with Gasteiger partial charge in [0.15, 0.2) is 0 Å². The van der Waals surface area contributed by atoms with Crippen molar-refractivity contribution in [3.05, 3.63) is 33.8 Å². The quantitative estimate of drug-likeness (QED) is 0.740. The molecule has 1 aliphatic rings. The summed E-state index contributed by atoms with van der Waals surface area (Å²) in [5, 5.41) is 4.92. The van der Waals surface area contributed by atoms with Gasteiger partial charge in [0.2, 0.25) is 0 Å². The Morgan fingerprint density at radius 2 is 1.80 bits per heavy atom. The molecule has 1 nitrogen and oxygen atoms in total. The molecule has 0 bridgehead atoms. The highest BCUT2D eigenvalue weighted by Crippen LogP contribution is 2.37. The molecular weight excluding hydrogens is 289 g/mol. The second-order valence-electron chi connectivity index (χ2n) is 6.24. The second kappa shape index (κ2) is 7.68. The minimum atomic E-state index is 0.517. The van der Waals surface area contributed by atoms with Gasteiger partial charge in [0, 0.05) is 12.6 Å². The number of hydrogen-bond acceptors (Lipinski definition) is 1. The Morgan fingerprint density at radius 1 is 1.10 bits per heavy atom. The molecule has 0 saturated heterocycles. The molecule has 1 fully saturated rings. The maximum Gasteiger partial charge on any atom is 0.0595 e. The highest BCUT2D eigenvalue weighted by atomic mass is 35.5. The van der Waals surface area contributed by atoms with Gasteiger partial charge in [0.25, 0.3) is 0 Å². The van der Waals surface area contributed by atoms with Crippen LogP contribution in [0.1, 0.15) is 57.4 Å². The van der Waals surface area contributed by atoms with Crippen molar-refractivity contribution in [2.24, 2.45) is 5.92 Å². The van der Waals surface area contributed by atoms with Gasteiger partial charge in [-0.2, -0.15) is 0 Å². The molecule has 2 rings (SSSR count). The van der Waals surface area contributed by atoms with E-state index >= 15 is 0 Å². The van der Waals surface area contributed by atoms with Crippen LogP contribution in [-0.4, -0.2) is 12.6 Å². The van der Waals surface area contributed by atoms with E-state index in [1.165, 1.54) is 37.7 Å². The van der Waals surface area contributed by atoms with Gasteiger partial charge < -0.3 is 5.32 Å². The first-order valence-corrected chi connectivity index (χ1v) is 8.52. The van der Waals surface area contributed by atoms with Crippen LogP contribution in [0.25, 0.3) is 0 Å². The van der Waals surface area contributed by atoms with Crippen LogP contribution < -0.4 is 5.32 Å². The van der Waals surface area contributed by atoms with Gasteiger partial charge in [-0.05, 0) is 42.4 Å². The lowest BCUT2D eigenvalue weighted by Crippen LogP contribution is -2.32. The number of hydrogen-bond donors (Lipinski definition) is 1. The third-order valence-electron chi connectivity index (χ3n) is 4.34. The van der Waals surface area contributed by atoms with Gasteiger partial charge in [0.1, 0.15) is 0 Å². The second-order valence-corrected chi connectivity index (χ2v) is 7.06. The van der Waals surface area contributed by atoms with Gasteiger partial charge in [-0.15, -0.1) is 0 Å². The van der Waals surface area contributed by atoms with Crippen molar-refractivity contribution in [1.29, 1.82) is 0 Å². The molecule has 3 heteroatoms. The van der Waals surface area contributed by atoms with Crippen LogP contribution in [0, 0.1) is 5.92 Å². The predicted molar refractivity (Wildman–Crippen MR) is 88.9 cm³/mol. The largest absolute Gasteiger partial charge is 0.314 e. The van der Waals surface area contributed by atoms with Crippen molar-refractivity contribution in [3.8, 4) is 0 Å². The summed E-state index contributed by atoms with van der Waals surface area (Å²) in [6.07, 6.45) is 6.80. The van der Waals surface area contributed by atoms with Crippen molar-refractivity contribution in [3.63, 3.8) is 0 Å². The van der Waals surface area contributed by atoms with Crippen LogP contribution in [0.15, 0.2) is 18.2 Å². The first-order chi connectivity index (χ1) is 9.58. The fourth-order valence-electron chi connectivity index (χ4n) is 3.20. The maximum absolute atomic E-state index is 6.21. The Bertz CT molecular complexity index is 425. The van der Waals surface area contributed by atoms with Crippen LogP contribution >= 0.6 is 23.2 Å². The zero-order valence-electron chi connectivity index (χ0n) is 12.5. The number of benzene rings is 1. The van der Waals surface area contributed by atoms with Crippen molar-refractivity contribution in [2.45, 2.75) is 57.9 Å². The first-order valence-electron chi connectivity index (χ1n) is 7.76. The Hall–Kier alpha value is -0.240. The van der Waals surface area contributed by atoms with Crippen LogP contribution in [-0.2, 0) is 0 Å². The van der Waals surface area contributed by atoms with Crippen LogP contribution in [0.4, 0.5) is 0 Å². The van der Waals surface area contributed by atoms with Gasteiger partial charge in [-0.3, -0.25) is 0 Å².